The molecule has 1 unspecified atom stereocenters. The van der Waals surface area contributed by atoms with E-state index in [-0.39, 0.29) is 63.0 Å². The van der Waals surface area contributed by atoms with Gasteiger partial charge in [-0.25, -0.2) is 0 Å². The summed E-state index contributed by atoms with van der Waals surface area (Å²) in [6.07, 6.45) is 2.25. The van der Waals surface area contributed by atoms with Gasteiger partial charge in [0.1, 0.15) is 0 Å². The summed E-state index contributed by atoms with van der Waals surface area (Å²) >= 11 is 0. The highest BCUT2D eigenvalue weighted by Crippen LogP contribution is 2.35. The van der Waals surface area contributed by atoms with Crippen LogP contribution in [0.4, 0.5) is 0 Å². The van der Waals surface area contributed by atoms with Crippen LogP contribution in [0.15, 0.2) is 18.2 Å². The number of rotatable bonds is 8. The van der Waals surface area contributed by atoms with Crippen molar-refractivity contribution in [3.63, 3.8) is 0 Å². The van der Waals surface area contributed by atoms with Crippen LogP contribution in [0.1, 0.15) is 52.0 Å². The predicted molar refractivity (Wildman–Crippen MR) is 156 cm³/mol. The van der Waals surface area contributed by atoms with Gasteiger partial charge >= 0.3 is 5.97 Å². The van der Waals surface area contributed by atoms with E-state index in [9.17, 15) is 19.2 Å². The minimum absolute atomic E-state index is 0.0913. The fourth-order valence-corrected chi connectivity index (χ4v) is 4.71. The highest BCUT2D eigenvalue weighted by atomic mass is 16.5. The number of benzene rings is 1. The molecule has 3 rings (SSSR count). The third kappa shape index (κ3) is 11.2. The maximum atomic E-state index is 13.5. The molecule has 1 atom stereocenters. The van der Waals surface area contributed by atoms with Crippen molar-refractivity contribution in [3.8, 4) is 11.5 Å². The number of nitrogens with one attached hydrogen (secondary N) is 2. The molecule has 1 aromatic carbocycles. The highest BCUT2D eigenvalue weighted by molar-refractivity contribution is 5.81. The fourth-order valence-electron chi connectivity index (χ4n) is 4.71. The largest absolute Gasteiger partial charge is 0.493 e. The van der Waals surface area contributed by atoms with Crippen molar-refractivity contribution in [1.82, 2.24) is 20.4 Å². The van der Waals surface area contributed by atoms with Crippen molar-refractivity contribution in [2.45, 2.75) is 52.9 Å². The van der Waals surface area contributed by atoms with Gasteiger partial charge in [0.2, 0.25) is 11.8 Å². The normalized spacial score (nSPS) is 19.5. The number of ether oxygens (including phenoxy) is 3. The van der Waals surface area contributed by atoms with E-state index in [1.54, 1.807) is 28.9 Å². The first-order valence-corrected chi connectivity index (χ1v) is 14.4. The van der Waals surface area contributed by atoms with Crippen molar-refractivity contribution >= 4 is 23.7 Å². The Balaban J connectivity index is 2.41. The standard InChI is InChI=1S/C30H48N4O7/c1-7-40-29(38)30(13-12-22(2)3)18-23-10-11-24(25(17-23)39-6)41-20-27(36)31-14-16-34(28(37)19-33(4)5)15-8-9-26(35)32-21-30/h10-11,17,22H,7-9,12-16,18-21H2,1-6H3,(H,31,36)(H,32,35). The molecule has 0 saturated carbocycles. The summed E-state index contributed by atoms with van der Waals surface area (Å²) in [5, 5.41) is 5.78. The lowest BCUT2D eigenvalue weighted by Gasteiger charge is -2.33. The molecule has 11 nitrogen and oxygen atoms in total. The van der Waals surface area contributed by atoms with Crippen LogP contribution in [-0.4, -0.2) is 101 Å². The van der Waals surface area contributed by atoms with E-state index in [1.165, 1.54) is 7.11 Å². The maximum Gasteiger partial charge on any atom is 0.314 e. The molecule has 2 N–H and O–H groups in total. The van der Waals surface area contributed by atoms with Crippen molar-refractivity contribution in [2.24, 2.45) is 11.3 Å². The molecule has 2 aliphatic rings. The first-order chi connectivity index (χ1) is 19.5. The lowest BCUT2D eigenvalue weighted by molar-refractivity contribution is -0.156. The first-order valence-electron chi connectivity index (χ1n) is 14.4. The average molecular weight is 577 g/mol. The maximum absolute atomic E-state index is 13.5. The predicted octanol–water partition coefficient (Wildman–Crippen LogP) is 2.02. The number of hydrogen-bond acceptors (Lipinski definition) is 8. The number of carbonyl (C=O) groups excluding carboxylic acids is 4. The second-order valence-electron chi connectivity index (χ2n) is 11.2. The van der Waals surface area contributed by atoms with Gasteiger partial charge in [-0.2, -0.15) is 0 Å². The van der Waals surface area contributed by atoms with Gasteiger partial charge in [0.05, 0.1) is 25.7 Å². The van der Waals surface area contributed by atoms with Crippen LogP contribution in [0.25, 0.3) is 0 Å². The molecule has 0 fully saturated rings. The van der Waals surface area contributed by atoms with Gasteiger partial charge in [-0.3, -0.25) is 19.2 Å². The molecule has 2 aliphatic heterocycles. The number of fused-ring (bicyclic) bond motifs is 16. The first kappa shape index (κ1) is 33.9. The lowest BCUT2D eigenvalue weighted by Crippen LogP contribution is -2.46. The molecule has 0 aliphatic carbocycles. The Hall–Kier alpha value is -3.34. The summed E-state index contributed by atoms with van der Waals surface area (Å²) in [6.45, 7) is 7.23. The van der Waals surface area contributed by atoms with Crippen LogP contribution < -0.4 is 20.1 Å². The summed E-state index contributed by atoms with van der Waals surface area (Å²) in [5.74, 6) is 0.189. The smallest absolute Gasteiger partial charge is 0.314 e. The molecule has 11 heteroatoms. The number of nitrogens with zero attached hydrogens (tertiary/aromatic N) is 2. The van der Waals surface area contributed by atoms with Gasteiger partial charge < -0.3 is 34.6 Å². The number of likely N-dealkylation sites (N-methyl/N-ethyl adjacent to an activating group) is 1. The molecular weight excluding hydrogens is 528 g/mol. The molecule has 2 heterocycles. The molecule has 230 valence electrons. The Kier molecular flexibility index (Phi) is 13.9. The Morgan fingerprint density at radius 3 is 2.56 bits per heavy atom. The van der Waals surface area contributed by atoms with Crippen LogP contribution in [0, 0.1) is 11.3 Å². The third-order valence-electron chi connectivity index (χ3n) is 7.00. The third-order valence-corrected chi connectivity index (χ3v) is 7.00. The Labute approximate surface area is 244 Å². The Morgan fingerprint density at radius 2 is 1.90 bits per heavy atom. The van der Waals surface area contributed by atoms with Crippen molar-refractivity contribution in [2.75, 3.05) is 67.1 Å². The molecule has 0 saturated heterocycles. The van der Waals surface area contributed by atoms with E-state index in [0.29, 0.717) is 49.8 Å². The van der Waals surface area contributed by atoms with E-state index in [2.05, 4.69) is 24.5 Å². The fraction of sp³-hybridized carbons (Fsp3) is 0.667. The van der Waals surface area contributed by atoms with E-state index in [4.69, 9.17) is 14.2 Å². The van der Waals surface area contributed by atoms with Gasteiger partial charge in [-0.1, -0.05) is 19.9 Å². The summed E-state index contributed by atoms with van der Waals surface area (Å²) in [6, 6.07) is 5.35. The molecule has 1 aromatic rings. The number of esters is 1. The SMILES string of the molecule is CCOC(=O)C1(CCC(C)C)CNC(=O)CCCN(C(=O)CN(C)C)CCNC(=O)COc2ccc(cc2OC)C1. The van der Waals surface area contributed by atoms with Crippen LogP contribution in [-0.2, 0) is 30.3 Å². The molecule has 0 radical (unpaired) electrons. The van der Waals surface area contributed by atoms with Crippen molar-refractivity contribution < 1.29 is 33.4 Å². The van der Waals surface area contributed by atoms with Crippen molar-refractivity contribution in [1.29, 1.82) is 0 Å². The van der Waals surface area contributed by atoms with Crippen LogP contribution in [0.3, 0.4) is 0 Å². The minimum Gasteiger partial charge on any atom is -0.493 e. The monoisotopic (exact) mass is 576 g/mol. The Bertz CT molecular complexity index is 1030. The topological polar surface area (TPSA) is 127 Å². The number of methoxy groups -OCH3 is 1. The highest BCUT2D eigenvalue weighted by Gasteiger charge is 2.40. The zero-order valence-corrected chi connectivity index (χ0v) is 25.5. The quantitative estimate of drug-likeness (QED) is 0.356. The lowest BCUT2D eigenvalue weighted by atomic mass is 9.76. The zero-order valence-electron chi connectivity index (χ0n) is 25.5. The van der Waals surface area contributed by atoms with Gasteiger partial charge in [-0.05, 0) is 70.3 Å². The Morgan fingerprint density at radius 1 is 1.15 bits per heavy atom. The second kappa shape index (κ2) is 16.8. The van der Waals surface area contributed by atoms with E-state index < -0.39 is 5.41 Å². The molecule has 2 bridgehead atoms. The van der Waals surface area contributed by atoms with Crippen LogP contribution in [0.5, 0.6) is 11.5 Å². The van der Waals surface area contributed by atoms with E-state index in [1.807, 2.05) is 20.2 Å². The number of hydrogen-bond donors (Lipinski definition) is 2. The zero-order chi connectivity index (χ0) is 30.4. The van der Waals surface area contributed by atoms with Crippen molar-refractivity contribution in [3.05, 3.63) is 23.8 Å². The summed E-state index contributed by atoms with van der Waals surface area (Å²) in [5.41, 5.74) is -0.169. The summed E-state index contributed by atoms with van der Waals surface area (Å²) in [7, 11) is 5.13. The minimum atomic E-state index is -0.986. The second-order valence-corrected chi connectivity index (χ2v) is 11.2. The van der Waals surface area contributed by atoms with Gasteiger partial charge in [0.25, 0.3) is 5.91 Å². The van der Waals surface area contributed by atoms with Gasteiger partial charge in [0.15, 0.2) is 18.1 Å². The molecular formula is C30H48N4O7. The summed E-state index contributed by atoms with van der Waals surface area (Å²) < 4.78 is 16.8. The number of carbonyl (C=O) groups is 4. The molecule has 0 spiro atoms. The molecule has 0 aromatic heterocycles. The van der Waals surface area contributed by atoms with Gasteiger partial charge in [0, 0.05) is 32.6 Å². The van der Waals surface area contributed by atoms with Gasteiger partial charge in [-0.15, -0.1) is 0 Å². The van der Waals surface area contributed by atoms with Crippen LogP contribution >= 0.6 is 0 Å². The summed E-state index contributed by atoms with van der Waals surface area (Å²) in [4.78, 5) is 55.2. The van der Waals surface area contributed by atoms with E-state index >= 15 is 0 Å². The van der Waals surface area contributed by atoms with Crippen LogP contribution in [0.2, 0.25) is 0 Å². The number of amides is 3. The average Bonchev–Trinajstić information content (AvgIpc) is 2.92. The van der Waals surface area contributed by atoms with E-state index in [0.717, 1.165) is 12.0 Å². The molecule has 3 amide bonds. The molecule has 41 heavy (non-hydrogen) atoms.